The number of nitrogens with zero attached hydrogens (tertiary/aromatic N) is 1. The van der Waals surface area contributed by atoms with Gasteiger partial charge in [0.05, 0.1) is 0 Å². The van der Waals surface area contributed by atoms with Crippen molar-refractivity contribution in [1.82, 2.24) is 15.9 Å². The third kappa shape index (κ3) is 5.83. The van der Waals surface area contributed by atoms with Gasteiger partial charge in [-0.1, -0.05) is 38.0 Å². The Morgan fingerprint density at radius 1 is 1.33 bits per heavy atom. The van der Waals surface area contributed by atoms with Gasteiger partial charge in [0.2, 0.25) is 11.8 Å². The average molecular weight is 292 g/mol. The first-order valence-corrected chi connectivity index (χ1v) is 6.95. The zero-order chi connectivity index (χ0) is 15.7. The Morgan fingerprint density at radius 3 is 2.52 bits per heavy atom. The summed E-state index contributed by atoms with van der Waals surface area (Å²) in [5.74, 6) is -0.0953. The summed E-state index contributed by atoms with van der Waals surface area (Å²) in [6, 6.07) is 8.31. The number of hydrazine groups is 1. The maximum absolute atomic E-state index is 12.0. The van der Waals surface area contributed by atoms with Crippen molar-refractivity contribution in [3.63, 3.8) is 0 Å². The van der Waals surface area contributed by atoms with Crippen LogP contribution in [-0.2, 0) is 9.59 Å². The second kappa shape index (κ2) is 8.97. The van der Waals surface area contributed by atoms with Crippen molar-refractivity contribution in [2.24, 2.45) is 0 Å². The van der Waals surface area contributed by atoms with Gasteiger partial charge in [-0.2, -0.15) is 0 Å². The Hall–Kier alpha value is -2.08. The fourth-order valence-corrected chi connectivity index (χ4v) is 1.78. The number of carbonyl (C=O) groups is 2. The number of para-hydroxylation sites is 1. The average Bonchev–Trinajstić information content (AvgIpc) is 2.47. The lowest BCUT2D eigenvalue weighted by Crippen LogP contribution is -2.55. The molecule has 1 radical (unpaired) electrons. The zero-order valence-electron chi connectivity index (χ0n) is 12.5. The Balaban J connectivity index is 2.90. The molecule has 2 amide bonds. The lowest BCUT2D eigenvalue weighted by Gasteiger charge is -2.29. The fourth-order valence-electron chi connectivity index (χ4n) is 1.78. The number of hydroxylamine groups is 1. The minimum Gasteiger partial charge on any atom is -0.386 e. The third-order valence-electron chi connectivity index (χ3n) is 2.81. The monoisotopic (exact) mass is 292 g/mol. The van der Waals surface area contributed by atoms with Gasteiger partial charge in [0.15, 0.2) is 0 Å². The molecule has 0 spiro atoms. The van der Waals surface area contributed by atoms with E-state index in [1.54, 1.807) is 12.1 Å². The molecule has 1 rings (SSSR count). The molecule has 0 saturated heterocycles. The van der Waals surface area contributed by atoms with Crippen molar-refractivity contribution < 1.29 is 14.4 Å². The van der Waals surface area contributed by atoms with Gasteiger partial charge in [0.25, 0.3) is 0 Å². The number of unbranched alkanes of at least 4 members (excludes halogenated alkanes) is 1. The number of rotatable bonds is 8. The molecule has 0 aliphatic heterocycles. The minimum absolute atomic E-state index is 0.312. The molecule has 1 aromatic rings. The predicted octanol–water partition coefficient (Wildman–Crippen LogP) is 1.80. The number of carbonyl (C=O) groups excluding carboxylic acids is 2. The van der Waals surface area contributed by atoms with Crippen LogP contribution in [0.3, 0.4) is 0 Å². The number of amides is 2. The molecule has 1 atom stereocenters. The van der Waals surface area contributed by atoms with Gasteiger partial charge >= 0.3 is 0 Å². The quantitative estimate of drug-likeness (QED) is 0.717. The van der Waals surface area contributed by atoms with Gasteiger partial charge in [-0.3, -0.25) is 15.0 Å². The first-order valence-electron chi connectivity index (χ1n) is 6.95. The van der Waals surface area contributed by atoms with Crippen molar-refractivity contribution >= 4 is 11.8 Å². The van der Waals surface area contributed by atoms with Crippen LogP contribution in [0.4, 0.5) is 0 Å². The van der Waals surface area contributed by atoms with Crippen molar-refractivity contribution in [3.8, 4) is 5.75 Å². The van der Waals surface area contributed by atoms with E-state index in [1.807, 2.05) is 25.1 Å². The molecule has 1 unspecified atom stereocenters. The molecule has 21 heavy (non-hydrogen) atoms. The summed E-state index contributed by atoms with van der Waals surface area (Å²) >= 11 is 0. The minimum atomic E-state index is -0.647. The molecular formula is C15H22N3O3. The molecule has 0 aromatic heterocycles. The molecule has 0 heterocycles. The number of benzene rings is 1. The van der Waals surface area contributed by atoms with Crippen molar-refractivity contribution in [2.75, 3.05) is 0 Å². The Kier molecular flexibility index (Phi) is 7.25. The lowest BCUT2D eigenvalue weighted by atomic mass is 10.1. The van der Waals surface area contributed by atoms with E-state index in [9.17, 15) is 9.59 Å². The van der Waals surface area contributed by atoms with E-state index < -0.39 is 6.04 Å². The van der Waals surface area contributed by atoms with Crippen LogP contribution in [-0.4, -0.2) is 23.0 Å². The van der Waals surface area contributed by atoms with E-state index in [1.165, 1.54) is 12.1 Å². The van der Waals surface area contributed by atoms with Crippen LogP contribution in [0.15, 0.2) is 30.3 Å². The van der Waals surface area contributed by atoms with Crippen molar-refractivity contribution in [3.05, 3.63) is 37.4 Å². The maximum Gasteiger partial charge on any atom is 0.242 e. The lowest BCUT2D eigenvalue weighted by molar-refractivity contribution is -0.170. The molecule has 115 valence electrons. The molecule has 6 nitrogen and oxygen atoms in total. The molecule has 1 aromatic carbocycles. The summed E-state index contributed by atoms with van der Waals surface area (Å²) in [7, 11) is 3.39. The molecule has 6 heteroatoms. The summed E-state index contributed by atoms with van der Waals surface area (Å²) in [6.07, 6.45) is 2.30. The van der Waals surface area contributed by atoms with Crippen LogP contribution in [0.25, 0.3) is 0 Å². The second-order valence-corrected chi connectivity index (χ2v) is 4.60. The summed E-state index contributed by atoms with van der Waals surface area (Å²) in [4.78, 5) is 29.0. The van der Waals surface area contributed by atoms with E-state index in [-0.39, 0.29) is 11.8 Å². The van der Waals surface area contributed by atoms with E-state index >= 15 is 0 Å². The molecule has 2 N–H and O–H groups in total. The highest BCUT2D eigenvalue weighted by atomic mass is 16.7. The maximum atomic E-state index is 12.0. The predicted molar refractivity (Wildman–Crippen MR) is 79.5 cm³/mol. The van der Waals surface area contributed by atoms with Crippen molar-refractivity contribution in [2.45, 2.75) is 39.2 Å². The second-order valence-electron chi connectivity index (χ2n) is 4.60. The summed E-state index contributed by atoms with van der Waals surface area (Å²) in [5.41, 5.74) is 2.54. The Bertz CT molecular complexity index is 451. The molecule has 0 fully saturated rings. The van der Waals surface area contributed by atoms with Crippen LogP contribution in [0.2, 0.25) is 0 Å². The molecule has 0 aliphatic carbocycles. The SMILES string of the molecule is [CH2]NC(=O)C(CCCC)N(NC(C)=O)Oc1ccccc1. The standard InChI is InChI=1S/C15H22N3O3/c1-4-5-11-14(15(20)16-3)18(17-12(2)19)21-13-9-7-6-8-10-13/h6-10,14H,3-5,11H2,1-2H3,(H,16,20)(H,17,19). The van der Waals surface area contributed by atoms with Crippen LogP contribution in [0, 0.1) is 7.05 Å². The Labute approximate surface area is 125 Å². The van der Waals surface area contributed by atoms with Gasteiger partial charge in [-0.15, -0.1) is 0 Å². The highest BCUT2D eigenvalue weighted by Gasteiger charge is 2.27. The van der Waals surface area contributed by atoms with Crippen LogP contribution in [0.1, 0.15) is 33.1 Å². The molecule has 0 saturated carbocycles. The number of nitrogens with one attached hydrogen (secondary N) is 2. The first-order chi connectivity index (χ1) is 10.1. The van der Waals surface area contributed by atoms with E-state index in [0.29, 0.717) is 12.2 Å². The summed E-state index contributed by atoms with van der Waals surface area (Å²) in [6.45, 7) is 3.39. The molecular weight excluding hydrogens is 270 g/mol. The zero-order valence-corrected chi connectivity index (χ0v) is 12.5. The van der Waals surface area contributed by atoms with E-state index in [4.69, 9.17) is 4.84 Å². The van der Waals surface area contributed by atoms with Gasteiger partial charge in [0.1, 0.15) is 11.8 Å². The normalized spacial score (nSPS) is 11.8. The van der Waals surface area contributed by atoms with E-state index in [2.05, 4.69) is 17.8 Å². The van der Waals surface area contributed by atoms with Crippen LogP contribution < -0.4 is 15.6 Å². The largest absolute Gasteiger partial charge is 0.386 e. The summed E-state index contributed by atoms with van der Waals surface area (Å²) in [5, 5.41) is 3.54. The fraction of sp³-hybridized carbons (Fsp3) is 0.400. The smallest absolute Gasteiger partial charge is 0.242 e. The van der Waals surface area contributed by atoms with Crippen molar-refractivity contribution in [1.29, 1.82) is 0 Å². The van der Waals surface area contributed by atoms with Crippen LogP contribution in [0.5, 0.6) is 5.75 Å². The Morgan fingerprint density at radius 2 is 2.00 bits per heavy atom. The molecule has 0 aliphatic rings. The van der Waals surface area contributed by atoms with Gasteiger partial charge < -0.3 is 10.2 Å². The topological polar surface area (TPSA) is 70.7 Å². The highest BCUT2D eigenvalue weighted by molar-refractivity contribution is 5.82. The number of hydrogen-bond donors (Lipinski definition) is 2. The summed E-state index contributed by atoms with van der Waals surface area (Å²) < 4.78 is 0. The number of hydrogen-bond acceptors (Lipinski definition) is 4. The first kappa shape index (κ1) is 17.0. The molecule has 0 bridgehead atoms. The van der Waals surface area contributed by atoms with Gasteiger partial charge in [-0.05, 0) is 23.7 Å². The third-order valence-corrected chi connectivity index (χ3v) is 2.81. The van der Waals surface area contributed by atoms with Gasteiger partial charge in [-0.25, -0.2) is 0 Å². The van der Waals surface area contributed by atoms with E-state index in [0.717, 1.165) is 12.8 Å². The highest BCUT2D eigenvalue weighted by Crippen LogP contribution is 2.14. The van der Waals surface area contributed by atoms with Crippen LogP contribution >= 0.6 is 0 Å². The van der Waals surface area contributed by atoms with Gasteiger partial charge in [0, 0.05) is 14.0 Å².